The minimum atomic E-state index is -0.226. The third-order valence-corrected chi connectivity index (χ3v) is 3.11. The molecule has 1 N–H and O–H groups in total. The zero-order chi connectivity index (χ0) is 15.9. The van der Waals surface area contributed by atoms with E-state index in [9.17, 15) is 4.79 Å². The van der Waals surface area contributed by atoms with Gasteiger partial charge in [-0.3, -0.25) is 0 Å². The van der Waals surface area contributed by atoms with Crippen LogP contribution >= 0.6 is 0 Å². The fourth-order valence-electron chi connectivity index (χ4n) is 1.96. The molecule has 2 rings (SSSR count). The smallest absolute Gasteiger partial charge is 0.317 e. The highest BCUT2D eigenvalue weighted by atomic mass is 16.7. The molecule has 0 spiro atoms. The summed E-state index contributed by atoms with van der Waals surface area (Å²) in [6, 6.07) is 7.19. The summed E-state index contributed by atoms with van der Waals surface area (Å²) in [5.41, 5.74) is 0. The molecule has 1 heterocycles. The van der Waals surface area contributed by atoms with Gasteiger partial charge in [-0.15, -0.1) is 0 Å². The van der Waals surface area contributed by atoms with Crippen molar-refractivity contribution in [3.63, 3.8) is 0 Å². The van der Waals surface area contributed by atoms with Crippen molar-refractivity contribution in [1.82, 2.24) is 10.2 Å². The molecule has 2 amide bonds. The molecule has 0 saturated heterocycles. The van der Waals surface area contributed by atoms with Crippen LogP contribution in [0.1, 0.15) is 6.92 Å². The van der Waals surface area contributed by atoms with E-state index in [4.69, 9.17) is 19.5 Å². The monoisotopic (exact) mass is 305 g/mol. The van der Waals surface area contributed by atoms with Crippen molar-refractivity contribution in [3.8, 4) is 23.3 Å². The topological polar surface area (TPSA) is 83.8 Å². The first-order valence-electron chi connectivity index (χ1n) is 7.01. The largest absolute Gasteiger partial charge is 0.492 e. The number of nitrogens with zero attached hydrogens (tertiary/aromatic N) is 2. The minimum Gasteiger partial charge on any atom is -0.492 e. The molecule has 0 aliphatic carbocycles. The SMILES string of the molecule is C[C@@H](C#N)CN(C)C(=O)NCCOc1ccc2c(c1)OCO2. The van der Waals surface area contributed by atoms with Crippen LogP contribution in [-0.2, 0) is 0 Å². The van der Waals surface area contributed by atoms with Gasteiger partial charge in [0.15, 0.2) is 11.5 Å². The highest BCUT2D eigenvalue weighted by molar-refractivity contribution is 5.73. The maximum absolute atomic E-state index is 11.8. The molecule has 0 radical (unpaired) electrons. The molecular formula is C15H19N3O4. The number of carbonyl (C=O) groups is 1. The van der Waals surface area contributed by atoms with Crippen LogP contribution in [0.15, 0.2) is 18.2 Å². The van der Waals surface area contributed by atoms with Gasteiger partial charge in [0.05, 0.1) is 18.5 Å². The van der Waals surface area contributed by atoms with Crippen molar-refractivity contribution >= 4 is 6.03 Å². The average Bonchev–Trinajstić information content (AvgIpc) is 2.98. The molecule has 1 aliphatic heterocycles. The van der Waals surface area contributed by atoms with Crippen molar-refractivity contribution in [1.29, 1.82) is 5.26 Å². The maximum atomic E-state index is 11.8. The fourth-order valence-corrected chi connectivity index (χ4v) is 1.96. The average molecular weight is 305 g/mol. The number of nitriles is 1. The van der Waals surface area contributed by atoms with Gasteiger partial charge in [0.2, 0.25) is 6.79 Å². The summed E-state index contributed by atoms with van der Waals surface area (Å²) in [5.74, 6) is 1.83. The zero-order valence-corrected chi connectivity index (χ0v) is 12.7. The van der Waals surface area contributed by atoms with Gasteiger partial charge in [-0.2, -0.15) is 5.26 Å². The van der Waals surface area contributed by atoms with Crippen molar-refractivity contribution < 1.29 is 19.0 Å². The molecule has 0 unspecified atom stereocenters. The first-order chi connectivity index (χ1) is 10.6. The summed E-state index contributed by atoms with van der Waals surface area (Å²) >= 11 is 0. The quantitative estimate of drug-likeness (QED) is 0.807. The number of nitrogens with one attached hydrogen (secondary N) is 1. The van der Waals surface area contributed by atoms with E-state index >= 15 is 0 Å². The molecule has 1 atom stereocenters. The Balaban J connectivity index is 1.69. The van der Waals surface area contributed by atoms with E-state index in [-0.39, 0.29) is 18.7 Å². The number of rotatable bonds is 6. The van der Waals surface area contributed by atoms with Crippen molar-refractivity contribution in [2.45, 2.75) is 6.92 Å². The van der Waals surface area contributed by atoms with Crippen LogP contribution in [0, 0.1) is 17.2 Å². The predicted octanol–water partition coefficient (Wildman–Crippen LogP) is 1.60. The molecule has 1 aromatic carbocycles. The molecule has 7 heteroatoms. The minimum absolute atomic E-state index is 0.194. The number of ether oxygens (including phenoxy) is 3. The summed E-state index contributed by atoms with van der Waals surface area (Å²) in [6.45, 7) is 3.10. The Morgan fingerprint density at radius 3 is 3.05 bits per heavy atom. The van der Waals surface area contributed by atoms with E-state index in [2.05, 4.69) is 11.4 Å². The van der Waals surface area contributed by atoms with Gasteiger partial charge in [-0.05, 0) is 19.1 Å². The molecular weight excluding hydrogens is 286 g/mol. The summed E-state index contributed by atoms with van der Waals surface area (Å²) in [7, 11) is 1.65. The standard InChI is InChI=1S/C15H19N3O4/c1-11(8-16)9-18(2)15(19)17-5-6-20-12-3-4-13-14(7-12)22-10-21-13/h3-4,7,11H,5-6,9-10H2,1-2H3,(H,17,19)/t11-/m0/s1. The molecule has 0 aromatic heterocycles. The Labute approximate surface area is 129 Å². The van der Waals surface area contributed by atoms with Crippen molar-refractivity contribution in [3.05, 3.63) is 18.2 Å². The number of amides is 2. The predicted molar refractivity (Wildman–Crippen MR) is 78.9 cm³/mol. The number of carbonyl (C=O) groups excluding carboxylic acids is 1. The van der Waals surface area contributed by atoms with Crippen LogP contribution in [0.4, 0.5) is 4.79 Å². The molecule has 1 aromatic rings. The van der Waals surface area contributed by atoms with Crippen LogP contribution < -0.4 is 19.5 Å². The number of fused-ring (bicyclic) bond motifs is 1. The molecule has 1 aliphatic rings. The molecule has 7 nitrogen and oxygen atoms in total. The van der Waals surface area contributed by atoms with Gasteiger partial charge in [-0.1, -0.05) is 0 Å². The first-order valence-corrected chi connectivity index (χ1v) is 7.01. The summed E-state index contributed by atoms with van der Waals surface area (Å²) in [6.07, 6.45) is 0. The molecule has 0 bridgehead atoms. The van der Waals surface area contributed by atoms with E-state index in [0.29, 0.717) is 36.9 Å². The summed E-state index contributed by atoms with van der Waals surface area (Å²) < 4.78 is 16.0. The van der Waals surface area contributed by atoms with Gasteiger partial charge in [-0.25, -0.2) is 4.79 Å². The Kier molecular flexibility index (Phi) is 5.31. The van der Waals surface area contributed by atoms with Gasteiger partial charge in [0, 0.05) is 19.7 Å². The normalized spacial score (nSPS) is 13.1. The molecule has 22 heavy (non-hydrogen) atoms. The summed E-state index contributed by atoms with van der Waals surface area (Å²) in [4.78, 5) is 13.3. The highest BCUT2D eigenvalue weighted by Gasteiger charge is 2.14. The van der Waals surface area contributed by atoms with Crippen LogP contribution in [0.3, 0.4) is 0 Å². The van der Waals surface area contributed by atoms with E-state index < -0.39 is 0 Å². The zero-order valence-electron chi connectivity index (χ0n) is 12.7. The van der Waals surface area contributed by atoms with Gasteiger partial charge in [0.1, 0.15) is 12.4 Å². The van der Waals surface area contributed by atoms with Crippen LogP contribution in [0.5, 0.6) is 17.2 Å². The number of benzene rings is 1. The maximum Gasteiger partial charge on any atom is 0.317 e. The van der Waals surface area contributed by atoms with Crippen molar-refractivity contribution in [2.24, 2.45) is 5.92 Å². The number of hydrogen-bond acceptors (Lipinski definition) is 5. The van der Waals surface area contributed by atoms with Crippen molar-refractivity contribution in [2.75, 3.05) is 33.5 Å². The lowest BCUT2D eigenvalue weighted by Gasteiger charge is -2.19. The number of hydrogen-bond donors (Lipinski definition) is 1. The molecule has 0 fully saturated rings. The van der Waals surface area contributed by atoms with E-state index in [0.717, 1.165) is 0 Å². The third-order valence-electron chi connectivity index (χ3n) is 3.11. The lowest BCUT2D eigenvalue weighted by molar-refractivity contribution is 0.173. The van der Waals surface area contributed by atoms with Crippen LogP contribution in [0.2, 0.25) is 0 Å². The number of urea groups is 1. The fraction of sp³-hybridized carbons (Fsp3) is 0.467. The third kappa shape index (κ3) is 4.19. The lowest BCUT2D eigenvalue weighted by Crippen LogP contribution is -2.40. The van der Waals surface area contributed by atoms with Gasteiger partial charge >= 0.3 is 6.03 Å². The van der Waals surface area contributed by atoms with Crippen LogP contribution in [-0.4, -0.2) is 44.5 Å². The second-order valence-electron chi connectivity index (χ2n) is 5.01. The Morgan fingerprint density at radius 1 is 1.50 bits per heavy atom. The second-order valence-corrected chi connectivity index (χ2v) is 5.01. The Hall–Kier alpha value is -2.62. The summed E-state index contributed by atoms with van der Waals surface area (Å²) in [5, 5.41) is 11.5. The molecule has 118 valence electrons. The lowest BCUT2D eigenvalue weighted by atomic mass is 10.2. The highest BCUT2D eigenvalue weighted by Crippen LogP contribution is 2.34. The molecule has 0 saturated carbocycles. The second kappa shape index (κ2) is 7.41. The van der Waals surface area contributed by atoms with Crippen LogP contribution in [0.25, 0.3) is 0 Å². The van der Waals surface area contributed by atoms with E-state index in [1.807, 2.05) is 0 Å². The van der Waals surface area contributed by atoms with Gasteiger partial charge in [0.25, 0.3) is 0 Å². The first kappa shape index (κ1) is 15.8. The van der Waals surface area contributed by atoms with E-state index in [1.165, 1.54) is 4.90 Å². The van der Waals surface area contributed by atoms with Gasteiger partial charge < -0.3 is 24.4 Å². The van der Waals surface area contributed by atoms with E-state index in [1.54, 1.807) is 32.2 Å². The Morgan fingerprint density at radius 2 is 2.27 bits per heavy atom. The Bertz CT molecular complexity index is 570.